The highest BCUT2D eigenvalue weighted by Crippen LogP contribution is 2.31. The highest BCUT2D eigenvalue weighted by atomic mass is 19.3. The summed E-state index contributed by atoms with van der Waals surface area (Å²) in [5.41, 5.74) is -1.60. The van der Waals surface area contributed by atoms with Crippen LogP contribution < -0.4 is 4.74 Å². The molecule has 1 N–H and O–H groups in total. The van der Waals surface area contributed by atoms with Crippen molar-refractivity contribution < 1.29 is 33.1 Å². The minimum absolute atomic E-state index is 0.0674. The Labute approximate surface area is 110 Å². The fraction of sp³-hybridized carbons (Fsp3) is 0.0909. The molecule has 0 atom stereocenters. The standard InChI is InChI=1S/C11H7F2NO6/c12-11(13)20-9-3-2-8(14(18)19)7(5-15)6(9)1-4-10(16)17/h1-5,11H,(H,16,17)/b4-1+. The van der Waals surface area contributed by atoms with E-state index in [1.54, 1.807) is 0 Å². The average molecular weight is 287 g/mol. The average Bonchev–Trinajstić information content (AvgIpc) is 2.35. The van der Waals surface area contributed by atoms with Gasteiger partial charge in [-0.2, -0.15) is 8.78 Å². The molecule has 1 rings (SSSR count). The van der Waals surface area contributed by atoms with Crippen LogP contribution in [0.2, 0.25) is 0 Å². The lowest BCUT2D eigenvalue weighted by atomic mass is 10.0. The molecule has 0 aliphatic heterocycles. The number of aliphatic carboxylic acids is 1. The number of rotatable bonds is 6. The van der Waals surface area contributed by atoms with Crippen molar-refractivity contribution in [2.45, 2.75) is 6.61 Å². The van der Waals surface area contributed by atoms with E-state index in [1.807, 2.05) is 0 Å². The van der Waals surface area contributed by atoms with Crippen LogP contribution in [-0.4, -0.2) is 28.9 Å². The number of benzene rings is 1. The van der Waals surface area contributed by atoms with Crippen molar-refractivity contribution in [3.05, 3.63) is 39.4 Å². The van der Waals surface area contributed by atoms with Gasteiger partial charge in [0, 0.05) is 17.7 Å². The highest BCUT2D eigenvalue weighted by Gasteiger charge is 2.21. The van der Waals surface area contributed by atoms with Crippen LogP contribution in [0.4, 0.5) is 14.5 Å². The zero-order valence-electron chi connectivity index (χ0n) is 9.66. The van der Waals surface area contributed by atoms with Gasteiger partial charge in [-0.3, -0.25) is 14.9 Å². The molecule has 0 bridgehead atoms. The van der Waals surface area contributed by atoms with E-state index in [2.05, 4.69) is 4.74 Å². The lowest BCUT2D eigenvalue weighted by molar-refractivity contribution is -0.385. The van der Waals surface area contributed by atoms with Crippen LogP contribution in [0.5, 0.6) is 5.75 Å². The number of ether oxygens (including phenoxy) is 1. The molecule has 0 aliphatic rings. The number of nitrogens with zero attached hydrogens (tertiary/aromatic N) is 1. The molecule has 0 saturated carbocycles. The first kappa shape index (κ1) is 15.2. The predicted molar refractivity (Wildman–Crippen MR) is 61.8 cm³/mol. The van der Waals surface area contributed by atoms with Gasteiger partial charge in [0.1, 0.15) is 11.3 Å². The summed E-state index contributed by atoms with van der Waals surface area (Å²) in [6.07, 6.45) is 1.39. The van der Waals surface area contributed by atoms with Crippen molar-refractivity contribution in [2.75, 3.05) is 0 Å². The summed E-state index contributed by atoms with van der Waals surface area (Å²) in [5, 5.41) is 19.2. The molecular formula is C11H7F2NO6. The lowest BCUT2D eigenvalue weighted by Gasteiger charge is -2.09. The molecule has 1 aromatic carbocycles. The minimum atomic E-state index is -3.23. The zero-order chi connectivity index (χ0) is 15.3. The number of alkyl halides is 2. The molecule has 0 saturated heterocycles. The number of aldehydes is 1. The van der Waals surface area contributed by atoms with Gasteiger partial charge < -0.3 is 9.84 Å². The Hall–Kier alpha value is -2.84. The molecule has 9 heteroatoms. The van der Waals surface area contributed by atoms with E-state index in [1.165, 1.54) is 0 Å². The van der Waals surface area contributed by atoms with Crippen molar-refractivity contribution in [1.29, 1.82) is 0 Å². The van der Waals surface area contributed by atoms with Crippen molar-refractivity contribution >= 4 is 24.0 Å². The highest BCUT2D eigenvalue weighted by molar-refractivity contribution is 5.93. The van der Waals surface area contributed by atoms with E-state index < -0.39 is 40.1 Å². The maximum absolute atomic E-state index is 12.2. The van der Waals surface area contributed by atoms with Crippen molar-refractivity contribution in [3.8, 4) is 5.75 Å². The molecule has 0 radical (unpaired) electrons. The van der Waals surface area contributed by atoms with E-state index in [9.17, 15) is 28.5 Å². The third-order valence-corrected chi connectivity index (χ3v) is 2.15. The summed E-state index contributed by atoms with van der Waals surface area (Å²) in [6.45, 7) is -3.23. The van der Waals surface area contributed by atoms with Crippen LogP contribution in [0.25, 0.3) is 6.08 Å². The maximum atomic E-state index is 12.2. The van der Waals surface area contributed by atoms with Crippen LogP contribution in [0.3, 0.4) is 0 Å². The van der Waals surface area contributed by atoms with Gasteiger partial charge in [-0.15, -0.1) is 0 Å². The van der Waals surface area contributed by atoms with Gasteiger partial charge in [0.05, 0.1) is 4.92 Å². The van der Waals surface area contributed by atoms with E-state index in [0.29, 0.717) is 6.08 Å². The summed E-state index contributed by atoms with van der Waals surface area (Å²) in [7, 11) is 0. The van der Waals surface area contributed by atoms with Crippen molar-refractivity contribution in [2.24, 2.45) is 0 Å². The monoisotopic (exact) mass is 287 g/mol. The van der Waals surface area contributed by atoms with Crippen molar-refractivity contribution in [3.63, 3.8) is 0 Å². The molecule has 0 aromatic heterocycles. The Bertz CT molecular complexity index is 585. The minimum Gasteiger partial charge on any atom is -0.478 e. The molecule has 7 nitrogen and oxygen atoms in total. The molecule has 0 fully saturated rings. The third-order valence-electron chi connectivity index (χ3n) is 2.15. The molecular weight excluding hydrogens is 280 g/mol. The summed E-state index contributed by atoms with van der Waals surface area (Å²) < 4.78 is 28.5. The Morgan fingerprint density at radius 3 is 2.50 bits per heavy atom. The molecule has 0 heterocycles. The second-order valence-corrected chi connectivity index (χ2v) is 3.34. The largest absolute Gasteiger partial charge is 0.478 e. The third kappa shape index (κ3) is 3.57. The van der Waals surface area contributed by atoms with Crippen LogP contribution >= 0.6 is 0 Å². The summed E-state index contributed by atoms with van der Waals surface area (Å²) >= 11 is 0. The smallest absolute Gasteiger partial charge is 0.387 e. The number of carboxylic acids is 1. The Morgan fingerprint density at radius 2 is 2.05 bits per heavy atom. The first-order valence-electron chi connectivity index (χ1n) is 4.99. The number of halogens is 2. The van der Waals surface area contributed by atoms with Gasteiger partial charge >= 0.3 is 12.6 Å². The SMILES string of the molecule is O=Cc1c([N+](=O)[O-])ccc(OC(F)F)c1/C=C/C(=O)O. The second-order valence-electron chi connectivity index (χ2n) is 3.34. The quantitative estimate of drug-likeness (QED) is 0.371. The van der Waals surface area contributed by atoms with Gasteiger partial charge in [-0.05, 0) is 12.1 Å². The van der Waals surface area contributed by atoms with E-state index in [-0.39, 0.29) is 6.29 Å². The first-order valence-corrected chi connectivity index (χ1v) is 4.99. The number of hydrogen-bond donors (Lipinski definition) is 1. The van der Waals surface area contributed by atoms with E-state index >= 15 is 0 Å². The Morgan fingerprint density at radius 1 is 1.40 bits per heavy atom. The molecule has 0 unspecified atom stereocenters. The van der Waals surface area contributed by atoms with Gasteiger partial charge in [-0.1, -0.05) is 0 Å². The summed E-state index contributed by atoms with van der Waals surface area (Å²) in [6, 6.07) is 1.68. The van der Waals surface area contributed by atoms with E-state index in [4.69, 9.17) is 5.11 Å². The van der Waals surface area contributed by atoms with Gasteiger partial charge in [0.25, 0.3) is 5.69 Å². The normalized spacial score (nSPS) is 10.8. The lowest BCUT2D eigenvalue weighted by Crippen LogP contribution is -2.06. The molecule has 0 spiro atoms. The molecule has 106 valence electrons. The van der Waals surface area contributed by atoms with Crippen LogP contribution in [0.15, 0.2) is 18.2 Å². The number of nitro groups is 1. The number of carbonyl (C=O) groups excluding carboxylic acids is 1. The zero-order valence-corrected chi connectivity index (χ0v) is 9.66. The Kier molecular flexibility index (Phi) is 4.84. The maximum Gasteiger partial charge on any atom is 0.387 e. The predicted octanol–water partition coefficient (Wildman–Crippen LogP) is 2.11. The van der Waals surface area contributed by atoms with Crippen LogP contribution in [0, 0.1) is 10.1 Å². The second kappa shape index (κ2) is 6.36. The van der Waals surface area contributed by atoms with Gasteiger partial charge in [0.15, 0.2) is 6.29 Å². The van der Waals surface area contributed by atoms with Crippen LogP contribution in [-0.2, 0) is 4.79 Å². The first-order chi connectivity index (χ1) is 9.36. The fourth-order valence-corrected chi connectivity index (χ4v) is 1.41. The molecule has 20 heavy (non-hydrogen) atoms. The number of carboxylic acid groups (broad SMARTS) is 1. The van der Waals surface area contributed by atoms with Gasteiger partial charge in [0.2, 0.25) is 0 Å². The number of carbonyl (C=O) groups is 2. The number of nitro benzene ring substituents is 1. The Balaban J connectivity index is 3.50. The molecule has 0 aliphatic carbocycles. The molecule has 0 amide bonds. The van der Waals surface area contributed by atoms with Crippen molar-refractivity contribution in [1.82, 2.24) is 0 Å². The fourth-order valence-electron chi connectivity index (χ4n) is 1.41. The number of hydrogen-bond acceptors (Lipinski definition) is 5. The molecule has 1 aromatic rings. The summed E-state index contributed by atoms with van der Waals surface area (Å²) in [4.78, 5) is 31.2. The summed E-state index contributed by atoms with van der Waals surface area (Å²) in [5.74, 6) is -1.96. The van der Waals surface area contributed by atoms with Gasteiger partial charge in [-0.25, -0.2) is 4.79 Å². The van der Waals surface area contributed by atoms with Crippen LogP contribution in [0.1, 0.15) is 15.9 Å². The topological polar surface area (TPSA) is 107 Å². The van der Waals surface area contributed by atoms with E-state index in [0.717, 1.165) is 18.2 Å².